The van der Waals surface area contributed by atoms with Gasteiger partial charge in [0, 0.05) is 17.3 Å². The molecule has 0 bridgehead atoms. The average Bonchev–Trinajstić information content (AvgIpc) is 3.00. The predicted molar refractivity (Wildman–Crippen MR) is 91.9 cm³/mol. The van der Waals surface area contributed by atoms with Crippen LogP contribution in [0.3, 0.4) is 0 Å². The first-order valence-electron chi connectivity index (χ1n) is 7.70. The molecule has 1 aliphatic rings. The van der Waals surface area contributed by atoms with Crippen molar-refractivity contribution >= 4 is 27.3 Å². The summed E-state index contributed by atoms with van der Waals surface area (Å²) in [7, 11) is -2.93. The van der Waals surface area contributed by atoms with Crippen LogP contribution in [0.1, 0.15) is 28.8 Å². The molecule has 0 spiro atoms. The van der Waals surface area contributed by atoms with Gasteiger partial charge < -0.3 is 5.32 Å². The van der Waals surface area contributed by atoms with E-state index in [0.29, 0.717) is 30.0 Å². The molecule has 0 aliphatic carbocycles. The molecule has 6 nitrogen and oxygen atoms in total. The van der Waals surface area contributed by atoms with E-state index in [2.05, 4.69) is 10.4 Å². The lowest BCUT2D eigenvalue weighted by Gasteiger charge is -2.22. The van der Waals surface area contributed by atoms with Crippen molar-refractivity contribution in [2.24, 2.45) is 0 Å². The molecule has 0 saturated carbocycles. The molecule has 2 heterocycles. The van der Waals surface area contributed by atoms with Gasteiger partial charge in [0.2, 0.25) is 0 Å². The first-order valence-corrected chi connectivity index (χ1v) is 9.90. The van der Waals surface area contributed by atoms with Gasteiger partial charge in [-0.2, -0.15) is 5.10 Å². The normalized spacial score (nSPS) is 17.5. The summed E-state index contributed by atoms with van der Waals surface area (Å²) in [5, 5.41) is 7.72. The van der Waals surface area contributed by atoms with Crippen LogP contribution >= 0.6 is 11.6 Å². The van der Waals surface area contributed by atoms with Crippen LogP contribution in [0.2, 0.25) is 5.02 Å². The molecule has 8 heteroatoms. The Morgan fingerprint density at radius 2 is 2.00 bits per heavy atom. The minimum absolute atomic E-state index is 0.104. The van der Waals surface area contributed by atoms with E-state index in [0.717, 1.165) is 5.56 Å². The molecule has 128 valence electrons. The lowest BCUT2D eigenvalue weighted by Crippen LogP contribution is -2.40. The number of carbonyl (C=O) groups is 1. The Hall–Kier alpha value is -1.86. The van der Waals surface area contributed by atoms with E-state index in [-0.39, 0.29) is 23.5 Å². The van der Waals surface area contributed by atoms with Gasteiger partial charge in [-0.3, -0.25) is 9.48 Å². The molecule has 2 aromatic rings. The Kier molecular flexibility index (Phi) is 4.91. The lowest BCUT2D eigenvalue weighted by atomic mass is 10.1. The summed E-state index contributed by atoms with van der Waals surface area (Å²) in [4.78, 5) is 12.3. The first-order chi connectivity index (χ1) is 11.4. The zero-order valence-corrected chi connectivity index (χ0v) is 14.6. The van der Waals surface area contributed by atoms with Crippen LogP contribution < -0.4 is 5.32 Å². The fourth-order valence-electron chi connectivity index (χ4n) is 2.67. The van der Waals surface area contributed by atoms with E-state index in [1.807, 2.05) is 24.3 Å². The molecule has 1 aliphatic heterocycles. The largest absolute Gasteiger partial charge is 0.349 e. The van der Waals surface area contributed by atoms with Crippen LogP contribution in [0.4, 0.5) is 0 Å². The number of halogens is 1. The van der Waals surface area contributed by atoms with Crippen molar-refractivity contribution in [3.8, 4) is 0 Å². The number of aromatic nitrogens is 2. The van der Waals surface area contributed by atoms with Crippen molar-refractivity contribution in [1.29, 1.82) is 0 Å². The van der Waals surface area contributed by atoms with E-state index in [1.54, 1.807) is 10.9 Å². The quantitative estimate of drug-likeness (QED) is 0.894. The molecule has 0 atom stereocenters. The molecule has 1 fully saturated rings. The van der Waals surface area contributed by atoms with Gasteiger partial charge in [-0.05, 0) is 24.5 Å². The SMILES string of the molecule is O=C(NC1CCS(=O)(=O)CC1)c1cnn(Cc2ccccc2Cl)c1. The topological polar surface area (TPSA) is 81.1 Å². The monoisotopic (exact) mass is 367 g/mol. The van der Waals surface area contributed by atoms with Gasteiger partial charge in [0.15, 0.2) is 0 Å². The summed E-state index contributed by atoms with van der Waals surface area (Å²) >= 11 is 6.13. The fourth-order valence-corrected chi connectivity index (χ4v) is 4.36. The van der Waals surface area contributed by atoms with Crippen molar-refractivity contribution < 1.29 is 13.2 Å². The second-order valence-electron chi connectivity index (χ2n) is 5.92. The predicted octanol–water partition coefficient (Wildman–Crippen LogP) is 1.89. The average molecular weight is 368 g/mol. The number of carbonyl (C=O) groups excluding carboxylic acids is 1. The highest BCUT2D eigenvalue weighted by Gasteiger charge is 2.25. The Balaban J connectivity index is 1.61. The molecule has 1 amide bonds. The molecule has 1 N–H and O–H groups in total. The number of benzene rings is 1. The number of amides is 1. The highest BCUT2D eigenvalue weighted by Crippen LogP contribution is 2.16. The van der Waals surface area contributed by atoms with Crippen LogP contribution in [0.15, 0.2) is 36.7 Å². The molecule has 1 saturated heterocycles. The molecule has 24 heavy (non-hydrogen) atoms. The summed E-state index contributed by atoms with van der Waals surface area (Å²) in [6.07, 6.45) is 4.09. The van der Waals surface area contributed by atoms with Crippen LogP contribution in [0.5, 0.6) is 0 Å². The summed E-state index contributed by atoms with van der Waals surface area (Å²) < 4.78 is 24.5. The van der Waals surface area contributed by atoms with Crippen LogP contribution in [-0.4, -0.2) is 41.7 Å². The minimum atomic E-state index is -2.93. The molecule has 3 rings (SSSR count). The number of rotatable bonds is 4. The third kappa shape index (κ3) is 4.15. The van der Waals surface area contributed by atoms with Gasteiger partial charge in [-0.25, -0.2) is 8.42 Å². The van der Waals surface area contributed by atoms with Gasteiger partial charge in [-0.15, -0.1) is 0 Å². The van der Waals surface area contributed by atoms with Gasteiger partial charge in [-0.1, -0.05) is 29.8 Å². The van der Waals surface area contributed by atoms with Gasteiger partial charge in [0.1, 0.15) is 9.84 Å². The van der Waals surface area contributed by atoms with Crippen LogP contribution in [-0.2, 0) is 16.4 Å². The Bertz CT molecular complexity index is 834. The van der Waals surface area contributed by atoms with E-state index in [9.17, 15) is 13.2 Å². The van der Waals surface area contributed by atoms with Crippen molar-refractivity contribution in [3.63, 3.8) is 0 Å². The Morgan fingerprint density at radius 3 is 2.71 bits per heavy atom. The third-order valence-electron chi connectivity index (χ3n) is 4.08. The number of hydrogen-bond acceptors (Lipinski definition) is 4. The Labute approximate surface area is 145 Å². The van der Waals surface area contributed by atoms with E-state index >= 15 is 0 Å². The van der Waals surface area contributed by atoms with Crippen molar-refractivity contribution in [1.82, 2.24) is 15.1 Å². The lowest BCUT2D eigenvalue weighted by molar-refractivity contribution is 0.0934. The number of nitrogens with one attached hydrogen (secondary N) is 1. The minimum Gasteiger partial charge on any atom is -0.349 e. The number of sulfone groups is 1. The smallest absolute Gasteiger partial charge is 0.254 e. The molecule has 0 radical (unpaired) electrons. The second-order valence-corrected chi connectivity index (χ2v) is 8.63. The van der Waals surface area contributed by atoms with Gasteiger partial charge in [0.25, 0.3) is 5.91 Å². The van der Waals surface area contributed by atoms with Gasteiger partial charge in [0.05, 0.1) is 29.8 Å². The van der Waals surface area contributed by atoms with Crippen LogP contribution in [0.25, 0.3) is 0 Å². The zero-order chi connectivity index (χ0) is 17.2. The molecule has 1 aromatic carbocycles. The van der Waals surface area contributed by atoms with Gasteiger partial charge >= 0.3 is 0 Å². The standard InChI is InChI=1S/C16H18ClN3O3S/c17-15-4-2-1-3-12(15)10-20-11-13(9-18-20)16(21)19-14-5-7-24(22,23)8-6-14/h1-4,9,11,14H,5-8,10H2,(H,19,21). The maximum atomic E-state index is 12.3. The maximum absolute atomic E-state index is 12.3. The molecule has 1 aromatic heterocycles. The second kappa shape index (κ2) is 6.94. The highest BCUT2D eigenvalue weighted by molar-refractivity contribution is 7.91. The van der Waals surface area contributed by atoms with Crippen molar-refractivity contribution in [2.75, 3.05) is 11.5 Å². The fraction of sp³-hybridized carbons (Fsp3) is 0.375. The Morgan fingerprint density at radius 1 is 1.29 bits per heavy atom. The highest BCUT2D eigenvalue weighted by atomic mass is 35.5. The summed E-state index contributed by atoms with van der Waals surface area (Å²) in [5.41, 5.74) is 1.38. The molecular formula is C16H18ClN3O3S. The molecule has 0 unspecified atom stereocenters. The molecular weight excluding hydrogens is 350 g/mol. The summed E-state index contributed by atoms with van der Waals surface area (Å²) in [6.45, 7) is 0.481. The first kappa shape index (κ1) is 17.0. The van der Waals surface area contributed by atoms with Crippen molar-refractivity contribution in [2.45, 2.75) is 25.4 Å². The van der Waals surface area contributed by atoms with E-state index < -0.39 is 9.84 Å². The number of nitrogens with zero attached hydrogens (tertiary/aromatic N) is 2. The van der Waals surface area contributed by atoms with Crippen molar-refractivity contribution in [3.05, 3.63) is 52.8 Å². The maximum Gasteiger partial charge on any atom is 0.254 e. The number of hydrogen-bond donors (Lipinski definition) is 1. The third-order valence-corrected chi connectivity index (χ3v) is 6.16. The van der Waals surface area contributed by atoms with E-state index in [4.69, 9.17) is 11.6 Å². The summed E-state index contributed by atoms with van der Waals surface area (Å²) in [6, 6.07) is 7.37. The zero-order valence-electron chi connectivity index (χ0n) is 13.0. The van der Waals surface area contributed by atoms with Crippen LogP contribution in [0, 0.1) is 0 Å². The van der Waals surface area contributed by atoms with E-state index in [1.165, 1.54) is 6.20 Å². The summed E-state index contributed by atoms with van der Waals surface area (Å²) in [5.74, 6) is 0.0256.